The highest BCUT2D eigenvalue weighted by molar-refractivity contribution is 8.02. The molecule has 4 aromatic carbocycles. The summed E-state index contributed by atoms with van der Waals surface area (Å²) in [5, 5.41) is 3.30. The second-order valence-corrected chi connectivity index (χ2v) is 13.0. The average molecular weight is 558 g/mol. The van der Waals surface area contributed by atoms with Crippen LogP contribution < -0.4 is 10.2 Å². The summed E-state index contributed by atoms with van der Waals surface area (Å²) in [5.41, 5.74) is 4.90. The minimum Gasteiger partial charge on any atom is -0.324 e. The number of anilines is 2. The monoisotopic (exact) mass is 557 g/mol. The second kappa shape index (κ2) is 9.07. The summed E-state index contributed by atoms with van der Waals surface area (Å²) in [4.78, 5) is 35.7. The van der Waals surface area contributed by atoms with Gasteiger partial charge in [-0.25, -0.2) is 0 Å². The van der Waals surface area contributed by atoms with Crippen molar-refractivity contribution >= 4 is 35.0 Å². The van der Waals surface area contributed by atoms with Crippen molar-refractivity contribution in [1.29, 1.82) is 0 Å². The number of thioether (sulfide) groups is 1. The first kappa shape index (κ1) is 24.9. The largest absolute Gasteiger partial charge is 0.324 e. The predicted octanol–water partition coefficient (Wildman–Crippen LogP) is 6.48. The van der Waals surface area contributed by atoms with Crippen LogP contribution in [-0.4, -0.2) is 34.0 Å². The van der Waals surface area contributed by atoms with E-state index in [1.54, 1.807) is 11.8 Å². The Morgan fingerprint density at radius 3 is 2.44 bits per heavy atom. The summed E-state index contributed by atoms with van der Waals surface area (Å²) >= 11 is 1.61. The van der Waals surface area contributed by atoms with Crippen LogP contribution >= 0.6 is 11.8 Å². The highest BCUT2D eigenvalue weighted by atomic mass is 32.2. The maximum absolute atomic E-state index is 15.4. The molecular weight excluding hydrogens is 526 g/mol. The molecular formula is C35H31N3O2S. The zero-order valence-electron chi connectivity index (χ0n) is 22.9. The Morgan fingerprint density at radius 2 is 1.61 bits per heavy atom. The van der Waals surface area contributed by atoms with Gasteiger partial charge in [-0.2, -0.15) is 0 Å². The molecule has 6 heteroatoms. The molecule has 2 fully saturated rings. The number of amides is 2. The van der Waals surface area contributed by atoms with Gasteiger partial charge in [-0.3, -0.25) is 14.5 Å². The van der Waals surface area contributed by atoms with Crippen LogP contribution in [0.25, 0.3) is 0 Å². The fourth-order valence-corrected chi connectivity index (χ4v) is 9.78. The molecule has 2 amide bonds. The highest BCUT2D eigenvalue weighted by Gasteiger charge is 2.80. The quantitative estimate of drug-likeness (QED) is 0.313. The van der Waals surface area contributed by atoms with Crippen LogP contribution in [0.15, 0.2) is 108 Å². The van der Waals surface area contributed by atoms with Gasteiger partial charge in [-0.15, -0.1) is 11.8 Å². The smallest absolute Gasteiger partial charge is 0.254 e. The van der Waals surface area contributed by atoms with Gasteiger partial charge in [0.05, 0.1) is 12.2 Å². The molecule has 4 atom stereocenters. The summed E-state index contributed by atoms with van der Waals surface area (Å²) in [7, 11) is 0. The first-order valence-electron chi connectivity index (χ1n) is 14.4. The van der Waals surface area contributed by atoms with Gasteiger partial charge in [0, 0.05) is 28.1 Å². The van der Waals surface area contributed by atoms with Gasteiger partial charge in [0.15, 0.2) is 5.54 Å². The molecule has 0 radical (unpaired) electrons. The van der Waals surface area contributed by atoms with Crippen molar-refractivity contribution in [2.75, 3.05) is 16.8 Å². The van der Waals surface area contributed by atoms with Crippen molar-refractivity contribution in [3.05, 3.63) is 125 Å². The number of carbonyl (C=O) groups excluding carboxylic acids is 2. The highest BCUT2D eigenvalue weighted by Crippen LogP contribution is 2.70. The average Bonchev–Trinajstić information content (AvgIpc) is 3.63. The lowest BCUT2D eigenvalue weighted by Gasteiger charge is -2.48. The van der Waals surface area contributed by atoms with E-state index in [2.05, 4.69) is 71.7 Å². The third-order valence-electron chi connectivity index (χ3n) is 9.59. The second-order valence-electron chi connectivity index (χ2n) is 11.7. The maximum atomic E-state index is 15.4. The van der Waals surface area contributed by atoms with Gasteiger partial charge in [0.25, 0.3) is 5.91 Å². The van der Waals surface area contributed by atoms with Crippen LogP contribution in [0.4, 0.5) is 11.4 Å². The molecule has 4 aromatic rings. The van der Waals surface area contributed by atoms with Crippen molar-refractivity contribution in [2.45, 2.75) is 53.5 Å². The molecule has 4 aliphatic rings. The Morgan fingerprint density at radius 1 is 0.878 bits per heavy atom. The van der Waals surface area contributed by atoms with E-state index in [0.29, 0.717) is 6.54 Å². The lowest BCUT2D eigenvalue weighted by molar-refractivity contribution is -0.135. The molecule has 1 N–H and O–H groups in total. The Bertz CT molecular complexity index is 1690. The summed E-state index contributed by atoms with van der Waals surface area (Å²) < 4.78 is -1.10. The van der Waals surface area contributed by atoms with Gasteiger partial charge >= 0.3 is 0 Å². The van der Waals surface area contributed by atoms with Crippen LogP contribution in [0.1, 0.15) is 41.0 Å². The zero-order valence-corrected chi connectivity index (χ0v) is 23.7. The number of aryl methyl sites for hydroxylation is 1. The maximum Gasteiger partial charge on any atom is 0.254 e. The van der Waals surface area contributed by atoms with Gasteiger partial charge in [0.1, 0.15) is 4.75 Å². The van der Waals surface area contributed by atoms with Crippen LogP contribution in [0.2, 0.25) is 0 Å². The van der Waals surface area contributed by atoms with E-state index in [1.165, 1.54) is 5.56 Å². The molecule has 2 saturated heterocycles. The molecule has 0 bridgehead atoms. The predicted molar refractivity (Wildman–Crippen MR) is 163 cm³/mol. The summed E-state index contributed by atoms with van der Waals surface area (Å²) in [5.74, 6) is -0.241. The molecule has 2 spiro atoms. The van der Waals surface area contributed by atoms with E-state index in [0.717, 1.165) is 52.3 Å². The van der Waals surface area contributed by atoms with Gasteiger partial charge in [-0.05, 0) is 55.6 Å². The van der Waals surface area contributed by atoms with E-state index in [9.17, 15) is 4.79 Å². The number of nitrogens with one attached hydrogen (secondary N) is 1. The number of carbonyl (C=O) groups is 2. The molecule has 4 heterocycles. The minimum absolute atomic E-state index is 0.00564. The Balaban J connectivity index is 1.42. The SMILES string of the molecule is Cc1ccc([C@H]2C3CCCN3[C@@]3(C(=O)N(Cc4ccccc4)c4ccccc43)[C@@]23Sc2ccccc2NC3=O)cc1. The van der Waals surface area contributed by atoms with E-state index in [1.807, 2.05) is 53.4 Å². The lowest BCUT2D eigenvalue weighted by atomic mass is 9.70. The molecule has 41 heavy (non-hydrogen) atoms. The number of para-hydroxylation sites is 2. The van der Waals surface area contributed by atoms with Crippen LogP contribution in [-0.2, 0) is 21.7 Å². The summed E-state index contributed by atoms with van der Waals surface area (Å²) in [6, 6.07) is 35.1. The van der Waals surface area contributed by atoms with Gasteiger partial charge < -0.3 is 10.2 Å². The van der Waals surface area contributed by atoms with Crippen molar-refractivity contribution in [3.63, 3.8) is 0 Å². The number of nitrogens with zero attached hydrogens (tertiary/aromatic N) is 2. The minimum atomic E-state index is -1.14. The number of benzene rings is 4. The van der Waals surface area contributed by atoms with E-state index in [-0.39, 0.29) is 23.8 Å². The molecule has 4 aliphatic heterocycles. The summed E-state index contributed by atoms with van der Waals surface area (Å²) in [6.45, 7) is 3.34. The molecule has 0 aliphatic carbocycles. The molecule has 5 nitrogen and oxygen atoms in total. The lowest BCUT2D eigenvalue weighted by Crippen LogP contribution is -2.65. The topological polar surface area (TPSA) is 52.7 Å². The Kier molecular flexibility index (Phi) is 5.50. The van der Waals surface area contributed by atoms with Gasteiger partial charge in [0.2, 0.25) is 5.91 Å². The van der Waals surface area contributed by atoms with Crippen molar-refractivity contribution < 1.29 is 9.59 Å². The third kappa shape index (κ3) is 3.23. The van der Waals surface area contributed by atoms with Crippen LogP contribution in [0.5, 0.6) is 0 Å². The fraction of sp³-hybridized carbons (Fsp3) is 0.257. The van der Waals surface area contributed by atoms with E-state index >= 15 is 4.79 Å². The molecule has 1 unspecified atom stereocenters. The molecule has 0 aromatic heterocycles. The van der Waals surface area contributed by atoms with Crippen molar-refractivity contribution in [2.24, 2.45) is 0 Å². The summed E-state index contributed by atoms with van der Waals surface area (Å²) in [6.07, 6.45) is 1.95. The number of fused-ring (bicyclic) bond motifs is 6. The van der Waals surface area contributed by atoms with Gasteiger partial charge in [-0.1, -0.05) is 90.5 Å². The first-order valence-corrected chi connectivity index (χ1v) is 15.3. The molecule has 204 valence electrons. The van der Waals surface area contributed by atoms with Crippen molar-refractivity contribution in [3.8, 4) is 0 Å². The standard InChI is InChI=1S/C35H31N3O2S/c1-23-17-19-25(20-18-23)31-29-15-9-21-38(29)34(35(31)32(39)36-27-13-6-8-16-30(27)41-35)26-12-5-7-14-28(26)37(33(34)40)22-24-10-3-2-4-11-24/h2-8,10-14,16-20,29,31H,9,15,21-22H2,1H3,(H,36,39)/t29?,31-,34-,35+/m0/s1. The third-order valence-corrected chi connectivity index (χ3v) is 11.2. The van der Waals surface area contributed by atoms with E-state index in [4.69, 9.17) is 0 Å². The number of hydrogen-bond acceptors (Lipinski definition) is 4. The number of rotatable bonds is 3. The first-order chi connectivity index (χ1) is 20.1. The normalized spacial score (nSPS) is 28.2. The van der Waals surface area contributed by atoms with E-state index < -0.39 is 10.3 Å². The van der Waals surface area contributed by atoms with Crippen molar-refractivity contribution in [1.82, 2.24) is 4.90 Å². The van der Waals surface area contributed by atoms with Crippen LogP contribution in [0.3, 0.4) is 0 Å². The fourth-order valence-electron chi connectivity index (χ4n) is 8.03. The Hall–Kier alpha value is -3.87. The zero-order chi connectivity index (χ0) is 27.8. The molecule has 8 rings (SSSR count). The van der Waals surface area contributed by atoms with Crippen LogP contribution in [0, 0.1) is 6.92 Å². The molecule has 0 saturated carbocycles. The Labute approximate surface area is 244 Å². The number of hydrogen-bond donors (Lipinski definition) is 1.